The molecule has 0 fully saturated rings. The fourth-order valence-corrected chi connectivity index (χ4v) is 1.27. The van der Waals surface area contributed by atoms with E-state index in [0.717, 1.165) is 0 Å². The molecule has 3 nitrogen and oxygen atoms in total. The van der Waals surface area contributed by atoms with Crippen LogP contribution in [-0.2, 0) is 0 Å². The van der Waals surface area contributed by atoms with Gasteiger partial charge in [-0.05, 0) is 5.46 Å². The molecule has 1 aromatic rings. The van der Waals surface area contributed by atoms with Gasteiger partial charge in [0.2, 0.25) is 0 Å². The number of carbonyl (C=O) groups excluding carboxylic acids is 1. The van der Waals surface area contributed by atoms with Crippen molar-refractivity contribution in [3.63, 3.8) is 0 Å². The SMILES string of the molecule is CC(C)(C)C(=O)c1cccc(B(O)O)c1. The Hall–Kier alpha value is -1.13. The first-order valence-corrected chi connectivity index (χ1v) is 4.83. The second kappa shape index (κ2) is 4.17. The molecule has 15 heavy (non-hydrogen) atoms. The van der Waals surface area contributed by atoms with E-state index in [1.807, 2.05) is 20.8 Å². The molecule has 0 aliphatic heterocycles. The zero-order valence-electron chi connectivity index (χ0n) is 9.19. The van der Waals surface area contributed by atoms with E-state index >= 15 is 0 Å². The average Bonchev–Trinajstić information content (AvgIpc) is 2.15. The number of hydrogen-bond acceptors (Lipinski definition) is 3. The molecule has 4 heteroatoms. The number of rotatable bonds is 2. The second-order valence-corrected chi connectivity index (χ2v) is 4.58. The number of ketones is 1. The van der Waals surface area contributed by atoms with Crippen molar-refractivity contribution in [3.05, 3.63) is 29.8 Å². The van der Waals surface area contributed by atoms with Gasteiger partial charge in [-0.2, -0.15) is 0 Å². The molecular formula is C11H15BO3. The Morgan fingerprint density at radius 1 is 1.27 bits per heavy atom. The predicted molar refractivity (Wildman–Crippen MR) is 60.1 cm³/mol. The van der Waals surface area contributed by atoms with Crippen molar-refractivity contribution in [1.29, 1.82) is 0 Å². The summed E-state index contributed by atoms with van der Waals surface area (Å²) in [6, 6.07) is 6.41. The third-order valence-electron chi connectivity index (χ3n) is 2.13. The van der Waals surface area contributed by atoms with Gasteiger partial charge in [0.05, 0.1) is 0 Å². The quantitative estimate of drug-likeness (QED) is 0.550. The van der Waals surface area contributed by atoms with Gasteiger partial charge in [0.1, 0.15) is 0 Å². The van der Waals surface area contributed by atoms with Crippen molar-refractivity contribution < 1.29 is 14.8 Å². The molecule has 0 unspecified atom stereocenters. The number of carbonyl (C=O) groups is 1. The lowest BCUT2D eigenvalue weighted by molar-refractivity contribution is 0.0858. The van der Waals surface area contributed by atoms with Gasteiger partial charge in [-0.25, -0.2) is 0 Å². The molecule has 0 aliphatic rings. The van der Waals surface area contributed by atoms with Crippen LogP contribution in [0, 0.1) is 5.41 Å². The van der Waals surface area contributed by atoms with Gasteiger partial charge in [-0.1, -0.05) is 45.0 Å². The maximum atomic E-state index is 11.9. The monoisotopic (exact) mass is 206 g/mol. The van der Waals surface area contributed by atoms with E-state index in [0.29, 0.717) is 11.0 Å². The highest BCUT2D eigenvalue weighted by Gasteiger charge is 2.23. The van der Waals surface area contributed by atoms with Crippen LogP contribution in [0.4, 0.5) is 0 Å². The summed E-state index contributed by atoms with van der Waals surface area (Å²) in [6.07, 6.45) is 0. The third-order valence-corrected chi connectivity index (χ3v) is 2.13. The van der Waals surface area contributed by atoms with Crippen LogP contribution in [0.1, 0.15) is 31.1 Å². The fourth-order valence-electron chi connectivity index (χ4n) is 1.27. The first kappa shape index (κ1) is 11.9. The van der Waals surface area contributed by atoms with Crippen molar-refractivity contribution in [2.45, 2.75) is 20.8 Å². The van der Waals surface area contributed by atoms with Crippen LogP contribution in [0.2, 0.25) is 0 Å². The minimum Gasteiger partial charge on any atom is -0.423 e. The lowest BCUT2D eigenvalue weighted by Gasteiger charge is -2.16. The van der Waals surface area contributed by atoms with Crippen molar-refractivity contribution in [1.82, 2.24) is 0 Å². The summed E-state index contributed by atoms with van der Waals surface area (Å²) in [4.78, 5) is 11.9. The summed E-state index contributed by atoms with van der Waals surface area (Å²) in [6.45, 7) is 5.49. The van der Waals surface area contributed by atoms with Crippen molar-refractivity contribution in [2.75, 3.05) is 0 Å². The van der Waals surface area contributed by atoms with Gasteiger partial charge in [-0.3, -0.25) is 4.79 Å². The van der Waals surface area contributed by atoms with Gasteiger partial charge < -0.3 is 10.0 Å². The number of benzene rings is 1. The molecular weight excluding hydrogens is 191 g/mol. The van der Waals surface area contributed by atoms with Crippen LogP contribution >= 0.6 is 0 Å². The number of hydrogen-bond donors (Lipinski definition) is 2. The molecule has 0 saturated heterocycles. The van der Waals surface area contributed by atoms with E-state index in [1.165, 1.54) is 6.07 Å². The summed E-state index contributed by atoms with van der Waals surface area (Å²) >= 11 is 0. The lowest BCUT2D eigenvalue weighted by Crippen LogP contribution is -2.31. The molecule has 0 saturated carbocycles. The van der Waals surface area contributed by atoms with Gasteiger partial charge in [0.25, 0.3) is 0 Å². The van der Waals surface area contributed by atoms with Crippen LogP contribution in [0.3, 0.4) is 0 Å². The van der Waals surface area contributed by atoms with Crippen molar-refractivity contribution >= 4 is 18.4 Å². The molecule has 0 heterocycles. The molecule has 80 valence electrons. The zero-order chi connectivity index (χ0) is 11.6. The van der Waals surface area contributed by atoms with Crippen LogP contribution in [0.5, 0.6) is 0 Å². The molecule has 0 bridgehead atoms. The molecule has 0 aliphatic carbocycles. The van der Waals surface area contributed by atoms with Crippen LogP contribution in [-0.4, -0.2) is 22.9 Å². The summed E-state index contributed by atoms with van der Waals surface area (Å²) in [5, 5.41) is 18.0. The molecule has 2 N–H and O–H groups in total. The normalized spacial score (nSPS) is 11.3. The molecule has 0 aromatic heterocycles. The molecule has 0 atom stereocenters. The fraction of sp³-hybridized carbons (Fsp3) is 0.364. The van der Waals surface area contributed by atoms with Gasteiger partial charge in [0, 0.05) is 11.0 Å². The van der Waals surface area contributed by atoms with E-state index in [1.54, 1.807) is 18.2 Å². The Labute approximate surface area is 89.9 Å². The first-order valence-electron chi connectivity index (χ1n) is 4.83. The highest BCUT2D eigenvalue weighted by atomic mass is 16.4. The Kier molecular flexibility index (Phi) is 3.32. The summed E-state index contributed by atoms with van der Waals surface area (Å²) in [5.41, 5.74) is 0.386. The van der Waals surface area contributed by atoms with Crippen molar-refractivity contribution in [2.24, 2.45) is 5.41 Å². The Morgan fingerprint density at radius 2 is 1.87 bits per heavy atom. The topological polar surface area (TPSA) is 57.5 Å². The molecule has 1 aromatic carbocycles. The highest BCUT2D eigenvalue weighted by Crippen LogP contribution is 2.19. The van der Waals surface area contributed by atoms with Crippen LogP contribution in [0.25, 0.3) is 0 Å². The lowest BCUT2D eigenvalue weighted by atomic mass is 9.77. The minimum atomic E-state index is -1.53. The Morgan fingerprint density at radius 3 is 2.33 bits per heavy atom. The van der Waals surface area contributed by atoms with E-state index in [4.69, 9.17) is 10.0 Å². The smallest absolute Gasteiger partial charge is 0.423 e. The molecule has 1 rings (SSSR count). The Bertz CT molecular complexity index is 366. The standard InChI is InChI=1S/C11H15BO3/c1-11(2,3)10(13)8-5-4-6-9(7-8)12(14)15/h4-7,14-15H,1-3H3. The minimum absolute atomic E-state index is 0.00926. The van der Waals surface area contributed by atoms with Gasteiger partial charge >= 0.3 is 7.12 Å². The van der Waals surface area contributed by atoms with Crippen LogP contribution in [0.15, 0.2) is 24.3 Å². The maximum absolute atomic E-state index is 11.9. The number of Topliss-reactive ketones (excluding diaryl/α,β-unsaturated/α-hetero) is 1. The largest absolute Gasteiger partial charge is 0.488 e. The summed E-state index contributed by atoms with van der Waals surface area (Å²) < 4.78 is 0. The van der Waals surface area contributed by atoms with Gasteiger partial charge in [0.15, 0.2) is 5.78 Å². The van der Waals surface area contributed by atoms with E-state index in [9.17, 15) is 4.79 Å². The molecule has 0 radical (unpaired) electrons. The average molecular weight is 206 g/mol. The third kappa shape index (κ3) is 2.91. The Balaban J connectivity index is 3.06. The summed E-state index contributed by atoms with van der Waals surface area (Å²) in [5.74, 6) is -0.00926. The van der Waals surface area contributed by atoms with Gasteiger partial charge in [-0.15, -0.1) is 0 Å². The molecule has 0 spiro atoms. The highest BCUT2D eigenvalue weighted by molar-refractivity contribution is 6.58. The van der Waals surface area contributed by atoms with E-state index in [2.05, 4.69) is 0 Å². The predicted octanol–water partition coefficient (Wildman–Crippen LogP) is 0.595. The van der Waals surface area contributed by atoms with E-state index in [-0.39, 0.29) is 5.78 Å². The second-order valence-electron chi connectivity index (χ2n) is 4.58. The summed E-state index contributed by atoms with van der Waals surface area (Å²) in [7, 11) is -1.53. The maximum Gasteiger partial charge on any atom is 0.488 e. The molecule has 0 amide bonds. The first-order chi connectivity index (χ1) is 6.82. The van der Waals surface area contributed by atoms with Crippen molar-refractivity contribution in [3.8, 4) is 0 Å². The zero-order valence-corrected chi connectivity index (χ0v) is 9.19. The van der Waals surface area contributed by atoms with Crippen LogP contribution < -0.4 is 5.46 Å². The van der Waals surface area contributed by atoms with E-state index < -0.39 is 12.5 Å².